The van der Waals surface area contributed by atoms with E-state index in [1.54, 1.807) is 0 Å². The predicted octanol–water partition coefficient (Wildman–Crippen LogP) is 0.516. The molecule has 0 radical (unpaired) electrons. The molecule has 0 heterocycles. The topological polar surface area (TPSA) is 83.8 Å². The van der Waals surface area contributed by atoms with Crippen LogP contribution in [0, 0.1) is 11.8 Å². The number of aliphatic hydroxyl groups excluding tert-OH is 1. The van der Waals surface area contributed by atoms with Crippen molar-refractivity contribution >= 4 is 11.9 Å². The summed E-state index contributed by atoms with van der Waals surface area (Å²) in [5.74, 6) is 3.19. The largest absolute Gasteiger partial charge is 0.481 e. The number of rotatable bonds is 6. The Morgan fingerprint density at radius 1 is 1.33 bits per heavy atom. The minimum absolute atomic E-state index is 0.0323. The molecule has 5 nitrogen and oxygen atoms in total. The van der Waals surface area contributed by atoms with Gasteiger partial charge in [0.05, 0.1) is 0 Å². The van der Waals surface area contributed by atoms with E-state index in [1.165, 1.54) is 6.92 Å². The number of esters is 1. The molecule has 15 heavy (non-hydrogen) atoms. The van der Waals surface area contributed by atoms with E-state index in [9.17, 15) is 9.59 Å². The Balaban J connectivity index is 3.56. The number of carbonyl (C=O) groups is 2. The Kier molecular flexibility index (Phi) is 7.02. The molecule has 2 N–H and O–H groups in total. The molecule has 0 amide bonds. The quantitative estimate of drug-likeness (QED) is 0.291. The van der Waals surface area contributed by atoms with Gasteiger partial charge in [-0.3, -0.25) is 9.59 Å². The molecule has 0 aromatic heterocycles. The molecule has 0 rings (SSSR count). The summed E-state index contributed by atoms with van der Waals surface area (Å²) in [5.41, 5.74) is 0. The van der Waals surface area contributed by atoms with Crippen molar-refractivity contribution in [1.82, 2.24) is 0 Å². The Morgan fingerprint density at radius 2 is 1.93 bits per heavy atom. The van der Waals surface area contributed by atoms with Gasteiger partial charge in [-0.25, -0.2) is 0 Å². The number of hydrogen-bond donors (Lipinski definition) is 2. The van der Waals surface area contributed by atoms with E-state index >= 15 is 0 Å². The highest BCUT2D eigenvalue weighted by Gasteiger charge is 2.08. The maximum atomic E-state index is 11.0. The third kappa shape index (κ3) is 8.78. The van der Waals surface area contributed by atoms with Gasteiger partial charge in [-0.15, -0.1) is 5.92 Å². The molecular weight excluding hydrogens is 200 g/mol. The minimum atomic E-state index is -1.39. The average Bonchev–Trinajstić information content (AvgIpc) is 2.12. The molecule has 0 aliphatic rings. The minimum Gasteiger partial charge on any atom is -0.481 e. The third-order valence-corrected chi connectivity index (χ3v) is 1.53. The second kappa shape index (κ2) is 7.83. The van der Waals surface area contributed by atoms with E-state index in [2.05, 4.69) is 16.6 Å². The van der Waals surface area contributed by atoms with Crippen LogP contribution in [0.2, 0.25) is 0 Å². The lowest BCUT2D eigenvalue weighted by atomic mass is 10.2. The predicted molar refractivity (Wildman–Crippen MR) is 51.7 cm³/mol. The number of aliphatic carboxylic acids is 1. The van der Waals surface area contributed by atoms with Crippen molar-refractivity contribution in [3.8, 4) is 11.8 Å². The summed E-state index contributed by atoms with van der Waals surface area (Å²) >= 11 is 0. The van der Waals surface area contributed by atoms with Gasteiger partial charge in [0.15, 0.2) is 0 Å². The molecule has 0 aliphatic carbocycles. The fraction of sp³-hybridized carbons (Fsp3) is 0.600. The maximum Gasteiger partial charge on any atom is 0.308 e. The molecular formula is C10H14O5. The number of unbranched alkanes of at least 4 members (excludes halogenated alkanes) is 1. The first-order chi connectivity index (χ1) is 7.06. The van der Waals surface area contributed by atoms with E-state index in [0.717, 1.165) is 0 Å². The fourth-order valence-electron chi connectivity index (χ4n) is 0.882. The number of carboxylic acids is 1. The first kappa shape index (κ1) is 13.5. The number of carbonyl (C=O) groups excluding carboxylic acids is 1. The van der Waals surface area contributed by atoms with Crippen LogP contribution in [0.25, 0.3) is 0 Å². The van der Waals surface area contributed by atoms with Crippen LogP contribution >= 0.6 is 0 Å². The summed E-state index contributed by atoms with van der Waals surface area (Å²) in [5, 5.41) is 17.3. The van der Waals surface area contributed by atoms with Crippen LogP contribution in [0.15, 0.2) is 0 Å². The normalized spacial score (nSPS) is 11.1. The summed E-state index contributed by atoms with van der Waals surface area (Å²) in [6, 6.07) is 0. The highest BCUT2D eigenvalue weighted by atomic mass is 16.6. The summed E-state index contributed by atoms with van der Waals surface area (Å²) in [4.78, 5) is 21.1. The second-order valence-corrected chi connectivity index (χ2v) is 2.84. The van der Waals surface area contributed by atoms with Crippen LogP contribution in [0.4, 0.5) is 0 Å². The summed E-state index contributed by atoms with van der Waals surface area (Å²) in [6.45, 7) is 1.52. The van der Waals surface area contributed by atoms with Gasteiger partial charge in [0.1, 0.15) is 0 Å². The van der Waals surface area contributed by atoms with E-state index < -0.39 is 18.2 Å². The molecule has 0 saturated heterocycles. The van der Waals surface area contributed by atoms with Crippen molar-refractivity contribution in [2.24, 2.45) is 0 Å². The molecule has 1 atom stereocenters. The van der Waals surface area contributed by atoms with Crippen LogP contribution in [-0.2, 0) is 14.3 Å². The van der Waals surface area contributed by atoms with Gasteiger partial charge in [-0.1, -0.05) is 0 Å². The van der Waals surface area contributed by atoms with E-state index in [0.29, 0.717) is 12.8 Å². The van der Waals surface area contributed by atoms with Crippen LogP contribution in [0.3, 0.4) is 0 Å². The van der Waals surface area contributed by atoms with Gasteiger partial charge in [0, 0.05) is 12.8 Å². The molecule has 0 aromatic carbocycles. The van der Waals surface area contributed by atoms with Gasteiger partial charge < -0.3 is 14.9 Å². The number of carboxylic acid groups (broad SMARTS) is 1. The van der Waals surface area contributed by atoms with Crippen molar-refractivity contribution < 1.29 is 24.5 Å². The highest BCUT2D eigenvalue weighted by Crippen LogP contribution is 2.02. The first-order valence-electron chi connectivity index (χ1n) is 4.58. The molecule has 1 unspecified atom stereocenters. The Labute approximate surface area is 88.0 Å². The maximum absolute atomic E-state index is 11.0. The number of aliphatic hydroxyl groups is 1. The van der Waals surface area contributed by atoms with Crippen molar-refractivity contribution in [3.63, 3.8) is 0 Å². The lowest BCUT2D eigenvalue weighted by molar-refractivity contribution is -0.159. The van der Waals surface area contributed by atoms with Crippen LogP contribution in [0.1, 0.15) is 32.6 Å². The van der Waals surface area contributed by atoms with Gasteiger partial charge in [0.2, 0.25) is 0 Å². The molecule has 0 aromatic rings. The van der Waals surface area contributed by atoms with Crippen LogP contribution < -0.4 is 0 Å². The van der Waals surface area contributed by atoms with Crippen molar-refractivity contribution in [1.29, 1.82) is 0 Å². The third-order valence-electron chi connectivity index (χ3n) is 1.53. The van der Waals surface area contributed by atoms with Crippen LogP contribution in [-0.4, -0.2) is 28.4 Å². The zero-order valence-electron chi connectivity index (χ0n) is 8.52. The number of hydrogen-bond acceptors (Lipinski definition) is 4. The van der Waals surface area contributed by atoms with Crippen molar-refractivity contribution in [2.75, 3.05) is 0 Å². The second-order valence-electron chi connectivity index (χ2n) is 2.84. The summed E-state index contributed by atoms with van der Waals surface area (Å²) in [6.07, 6.45) is -0.417. The zero-order valence-corrected chi connectivity index (χ0v) is 8.52. The van der Waals surface area contributed by atoms with Gasteiger partial charge in [-0.2, -0.15) is 0 Å². The zero-order chi connectivity index (χ0) is 11.7. The molecule has 0 fully saturated rings. The molecule has 0 saturated carbocycles. The standard InChI is InChI=1S/C10H14O5/c1-2-5-9(13)15-10(14)7-4-3-6-8(11)12/h9,13H,3-4,6-7H2,1H3,(H,11,12). The van der Waals surface area contributed by atoms with E-state index in [1.807, 2.05) is 0 Å². The molecule has 0 bridgehead atoms. The van der Waals surface area contributed by atoms with E-state index in [4.69, 9.17) is 10.2 Å². The molecule has 0 spiro atoms. The lowest BCUT2D eigenvalue weighted by Crippen LogP contribution is -2.15. The van der Waals surface area contributed by atoms with Gasteiger partial charge in [-0.05, 0) is 25.7 Å². The molecule has 84 valence electrons. The van der Waals surface area contributed by atoms with Crippen molar-refractivity contribution in [2.45, 2.75) is 38.9 Å². The summed E-state index contributed by atoms with van der Waals surface area (Å²) < 4.78 is 4.49. The lowest BCUT2D eigenvalue weighted by Gasteiger charge is -2.05. The monoisotopic (exact) mass is 214 g/mol. The van der Waals surface area contributed by atoms with Gasteiger partial charge in [0.25, 0.3) is 6.29 Å². The molecule has 0 aliphatic heterocycles. The fourth-order valence-corrected chi connectivity index (χ4v) is 0.882. The van der Waals surface area contributed by atoms with Crippen LogP contribution in [0.5, 0.6) is 0 Å². The number of ether oxygens (including phenoxy) is 1. The Bertz CT molecular complexity index is 273. The molecule has 5 heteroatoms. The Morgan fingerprint density at radius 3 is 2.47 bits per heavy atom. The Hall–Kier alpha value is -1.54. The van der Waals surface area contributed by atoms with E-state index in [-0.39, 0.29) is 12.8 Å². The average molecular weight is 214 g/mol. The smallest absolute Gasteiger partial charge is 0.308 e. The summed E-state index contributed by atoms with van der Waals surface area (Å²) in [7, 11) is 0. The van der Waals surface area contributed by atoms with Crippen molar-refractivity contribution in [3.05, 3.63) is 0 Å². The van der Waals surface area contributed by atoms with Gasteiger partial charge >= 0.3 is 11.9 Å². The first-order valence-corrected chi connectivity index (χ1v) is 4.58. The SMILES string of the molecule is CC#CC(O)OC(=O)CCCCC(=O)O. The highest BCUT2D eigenvalue weighted by molar-refractivity contribution is 5.70.